The average molecular weight is 367 g/mol. The van der Waals surface area contributed by atoms with E-state index in [1.165, 1.54) is 16.1 Å². The number of nitrogens with one attached hydrogen (secondary N) is 1. The zero-order valence-electron chi connectivity index (χ0n) is 15.7. The minimum atomic E-state index is -3.23. The van der Waals surface area contributed by atoms with Crippen LogP contribution in [0.25, 0.3) is 0 Å². The monoisotopic (exact) mass is 366 g/mol. The largest absolute Gasteiger partial charge is 0.353 e. The van der Waals surface area contributed by atoms with Gasteiger partial charge < -0.3 is 5.32 Å². The van der Waals surface area contributed by atoms with Gasteiger partial charge in [0.25, 0.3) is 0 Å². The molecule has 0 radical (unpaired) electrons. The van der Waals surface area contributed by atoms with E-state index in [9.17, 15) is 13.2 Å². The number of carbonyl (C=O) groups excluding carboxylic acids is 1. The Morgan fingerprint density at radius 3 is 2.56 bits per heavy atom. The fourth-order valence-corrected chi connectivity index (χ4v) is 4.55. The van der Waals surface area contributed by atoms with Crippen molar-refractivity contribution in [1.82, 2.24) is 9.62 Å². The molecule has 2 atom stereocenters. The van der Waals surface area contributed by atoms with Crippen molar-refractivity contribution in [2.75, 3.05) is 19.3 Å². The standard InChI is InChI=1S/C19H30N2O3S/c1-15(13-19(2,3)17-10-6-5-7-11-17)20-18(22)16-9-8-12-21(14-16)25(4,23)24/h5-7,10-11,15-16H,8-9,12-14H2,1-4H3,(H,20,22)/t15-,16+/m1/s1. The Hall–Kier alpha value is -1.40. The van der Waals surface area contributed by atoms with Gasteiger partial charge in [-0.15, -0.1) is 0 Å². The van der Waals surface area contributed by atoms with E-state index in [0.29, 0.717) is 13.1 Å². The first-order chi connectivity index (χ1) is 11.6. The first kappa shape index (κ1) is 19.9. The number of sulfonamides is 1. The second kappa shape index (κ2) is 7.87. The number of amides is 1. The molecule has 0 bridgehead atoms. The van der Waals surface area contributed by atoms with Gasteiger partial charge in [-0.1, -0.05) is 44.2 Å². The Bertz CT molecular complexity index is 686. The number of nitrogens with zero attached hydrogens (tertiary/aromatic N) is 1. The lowest BCUT2D eigenvalue weighted by atomic mass is 9.79. The minimum Gasteiger partial charge on any atom is -0.353 e. The summed E-state index contributed by atoms with van der Waals surface area (Å²) in [5.74, 6) is -0.296. The van der Waals surface area contributed by atoms with E-state index >= 15 is 0 Å². The molecule has 2 rings (SSSR count). The van der Waals surface area contributed by atoms with Crippen LogP contribution in [0.5, 0.6) is 0 Å². The van der Waals surface area contributed by atoms with E-state index in [-0.39, 0.29) is 23.3 Å². The van der Waals surface area contributed by atoms with Crippen LogP contribution >= 0.6 is 0 Å². The summed E-state index contributed by atoms with van der Waals surface area (Å²) in [5, 5.41) is 3.09. The van der Waals surface area contributed by atoms with Gasteiger partial charge in [-0.3, -0.25) is 4.79 Å². The summed E-state index contributed by atoms with van der Waals surface area (Å²) < 4.78 is 24.8. The van der Waals surface area contributed by atoms with E-state index in [1.54, 1.807) is 0 Å². The molecule has 1 aliphatic heterocycles. The highest BCUT2D eigenvalue weighted by molar-refractivity contribution is 7.88. The van der Waals surface area contributed by atoms with Gasteiger partial charge in [0.2, 0.25) is 15.9 Å². The van der Waals surface area contributed by atoms with E-state index in [4.69, 9.17) is 0 Å². The Labute approximate surface area is 151 Å². The fourth-order valence-electron chi connectivity index (χ4n) is 3.64. The van der Waals surface area contributed by atoms with Gasteiger partial charge in [-0.25, -0.2) is 12.7 Å². The normalized spacial score (nSPS) is 20.9. The van der Waals surface area contributed by atoms with Crippen molar-refractivity contribution in [1.29, 1.82) is 0 Å². The molecule has 0 spiro atoms. The predicted octanol–water partition coefficient (Wildman–Crippen LogP) is 2.53. The van der Waals surface area contributed by atoms with Crippen molar-refractivity contribution in [3.8, 4) is 0 Å². The Morgan fingerprint density at radius 2 is 1.96 bits per heavy atom. The fraction of sp³-hybridized carbons (Fsp3) is 0.632. The lowest BCUT2D eigenvalue weighted by molar-refractivity contribution is -0.126. The zero-order chi connectivity index (χ0) is 18.7. The van der Waals surface area contributed by atoms with Crippen LogP contribution in [0.4, 0.5) is 0 Å². The molecule has 1 aromatic carbocycles. The molecule has 1 fully saturated rings. The second-order valence-electron chi connectivity index (χ2n) is 7.82. The van der Waals surface area contributed by atoms with Crippen molar-refractivity contribution in [2.24, 2.45) is 5.92 Å². The van der Waals surface area contributed by atoms with Crippen LogP contribution in [-0.4, -0.2) is 44.0 Å². The first-order valence-electron chi connectivity index (χ1n) is 8.90. The molecule has 1 aliphatic rings. The molecule has 1 amide bonds. The number of hydrogen-bond donors (Lipinski definition) is 1. The van der Waals surface area contributed by atoms with Gasteiger partial charge >= 0.3 is 0 Å². The summed E-state index contributed by atoms with van der Waals surface area (Å²) >= 11 is 0. The van der Waals surface area contributed by atoms with Crippen molar-refractivity contribution in [3.05, 3.63) is 35.9 Å². The smallest absolute Gasteiger partial charge is 0.224 e. The van der Waals surface area contributed by atoms with Gasteiger partial charge in [-0.2, -0.15) is 0 Å². The summed E-state index contributed by atoms with van der Waals surface area (Å²) in [4.78, 5) is 12.6. The SMILES string of the molecule is C[C@H](CC(C)(C)c1ccccc1)NC(=O)[C@H]1CCCN(S(C)(=O)=O)C1. The van der Waals surface area contributed by atoms with Gasteiger partial charge in [0, 0.05) is 19.1 Å². The van der Waals surface area contributed by atoms with Gasteiger partial charge in [0.1, 0.15) is 0 Å². The lowest BCUT2D eigenvalue weighted by Gasteiger charge is -2.33. The van der Waals surface area contributed by atoms with Gasteiger partial charge in [-0.05, 0) is 37.2 Å². The van der Waals surface area contributed by atoms with E-state index < -0.39 is 10.0 Å². The highest BCUT2D eigenvalue weighted by Gasteiger charge is 2.31. The molecule has 1 saturated heterocycles. The highest BCUT2D eigenvalue weighted by atomic mass is 32.2. The lowest BCUT2D eigenvalue weighted by Crippen LogP contribution is -2.47. The molecule has 1 aromatic rings. The summed E-state index contributed by atoms with van der Waals surface area (Å²) in [6.45, 7) is 7.17. The Balaban J connectivity index is 1.93. The quantitative estimate of drug-likeness (QED) is 0.841. The molecule has 5 nitrogen and oxygen atoms in total. The zero-order valence-corrected chi connectivity index (χ0v) is 16.5. The molecule has 1 N–H and O–H groups in total. The van der Waals surface area contributed by atoms with Gasteiger partial charge in [0.05, 0.1) is 12.2 Å². The number of piperidine rings is 1. The maximum Gasteiger partial charge on any atom is 0.224 e. The van der Waals surface area contributed by atoms with E-state index in [0.717, 1.165) is 19.3 Å². The summed E-state index contributed by atoms with van der Waals surface area (Å²) in [6.07, 6.45) is 3.51. The third-order valence-corrected chi connectivity index (χ3v) is 6.25. The molecule has 0 aromatic heterocycles. The number of benzene rings is 1. The molecule has 25 heavy (non-hydrogen) atoms. The van der Waals surface area contributed by atoms with Crippen LogP contribution in [0.15, 0.2) is 30.3 Å². The molecule has 1 heterocycles. The Kier molecular flexibility index (Phi) is 6.27. The molecular formula is C19H30N2O3S. The highest BCUT2D eigenvalue weighted by Crippen LogP contribution is 2.28. The summed E-state index contributed by atoms with van der Waals surface area (Å²) in [7, 11) is -3.23. The second-order valence-corrected chi connectivity index (χ2v) is 9.81. The summed E-state index contributed by atoms with van der Waals surface area (Å²) in [6, 6.07) is 10.3. The van der Waals surface area contributed by atoms with Crippen LogP contribution in [-0.2, 0) is 20.2 Å². The third kappa shape index (κ3) is 5.54. The molecule has 140 valence electrons. The maximum atomic E-state index is 12.6. The van der Waals surface area contributed by atoms with Crippen molar-refractivity contribution in [2.45, 2.75) is 51.5 Å². The van der Waals surface area contributed by atoms with Crippen LogP contribution in [0, 0.1) is 5.92 Å². The molecule has 0 unspecified atom stereocenters. The Morgan fingerprint density at radius 1 is 1.32 bits per heavy atom. The van der Waals surface area contributed by atoms with Crippen LogP contribution in [0.1, 0.15) is 45.6 Å². The van der Waals surface area contributed by atoms with Crippen LogP contribution < -0.4 is 5.32 Å². The molecular weight excluding hydrogens is 336 g/mol. The third-order valence-electron chi connectivity index (χ3n) is 4.98. The first-order valence-corrected chi connectivity index (χ1v) is 10.8. The van der Waals surface area contributed by atoms with Crippen molar-refractivity contribution in [3.63, 3.8) is 0 Å². The predicted molar refractivity (Wildman–Crippen MR) is 101 cm³/mol. The average Bonchev–Trinajstić information content (AvgIpc) is 2.54. The van der Waals surface area contributed by atoms with Crippen molar-refractivity contribution < 1.29 is 13.2 Å². The van der Waals surface area contributed by atoms with Crippen LogP contribution in [0.2, 0.25) is 0 Å². The maximum absolute atomic E-state index is 12.6. The number of rotatable bonds is 6. The molecule has 6 heteroatoms. The number of hydrogen-bond acceptors (Lipinski definition) is 3. The minimum absolute atomic E-state index is 0.0244. The number of carbonyl (C=O) groups is 1. The summed E-state index contributed by atoms with van der Waals surface area (Å²) in [5.41, 5.74) is 1.20. The van der Waals surface area contributed by atoms with E-state index in [1.807, 2.05) is 25.1 Å². The van der Waals surface area contributed by atoms with E-state index in [2.05, 4.69) is 31.3 Å². The van der Waals surface area contributed by atoms with Gasteiger partial charge in [0.15, 0.2) is 0 Å². The van der Waals surface area contributed by atoms with Crippen LogP contribution in [0.3, 0.4) is 0 Å². The van der Waals surface area contributed by atoms with Crippen molar-refractivity contribution >= 4 is 15.9 Å². The molecule has 0 aliphatic carbocycles. The topological polar surface area (TPSA) is 66.5 Å². The molecule has 0 saturated carbocycles.